The summed E-state index contributed by atoms with van der Waals surface area (Å²) in [5.41, 5.74) is 5.06. The van der Waals surface area contributed by atoms with Crippen molar-refractivity contribution in [2.45, 2.75) is 24.7 Å². The van der Waals surface area contributed by atoms with Crippen molar-refractivity contribution < 1.29 is 29.7 Å². The van der Waals surface area contributed by atoms with E-state index in [1.807, 2.05) is 0 Å². The standard InChI is InChI=1S/C9H17N3O6S/c10-2-6(13)11-4(1-7(14)15)8(16)12-5(3-19)9(17)18/h4-5,8,12,16,19H,1-3,10H2,(H,11,13)(H,14,15)(H,17,18). The van der Waals surface area contributed by atoms with Crippen LogP contribution in [0, 0.1) is 0 Å². The predicted octanol–water partition coefficient (Wildman–Crippen LogP) is -2.80. The Kier molecular flexibility index (Phi) is 8.07. The largest absolute Gasteiger partial charge is 0.481 e. The van der Waals surface area contributed by atoms with Gasteiger partial charge in [-0.15, -0.1) is 0 Å². The lowest BCUT2D eigenvalue weighted by atomic mass is 10.1. The van der Waals surface area contributed by atoms with Crippen molar-refractivity contribution in [3.8, 4) is 0 Å². The minimum absolute atomic E-state index is 0.114. The van der Waals surface area contributed by atoms with Gasteiger partial charge in [-0.25, -0.2) is 0 Å². The molecule has 10 heteroatoms. The van der Waals surface area contributed by atoms with E-state index < -0.39 is 42.6 Å². The third-order valence-electron chi connectivity index (χ3n) is 2.16. The lowest BCUT2D eigenvalue weighted by molar-refractivity contribution is -0.140. The quantitative estimate of drug-likeness (QED) is 0.177. The molecule has 19 heavy (non-hydrogen) atoms. The zero-order valence-corrected chi connectivity index (χ0v) is 10.8. The molecule has 7 N–H and O–H groups in total. The summed E-state index contributed by atoms with van der Waals surface area (Å²) >= 11 is 3.78. The molecular weight excluding hydrogens is 278 g/mol. The number of amides is 1. The van der Waals surface area contributed by atoms with Gasteiger partial charge in [0.05, 0.1) is 19.0 Å². The summed E-state index contributed by atoms with van der Waals surface area (Å²) in [4.78, 5) is 32.5. The molecule has 0 saturated carbocycles. The zero-order chi connectivity index (χ0) is 15.0. The van der Waals surface area contributed by atoms with E-state index in [1.165, 1.54) is 0 Å². The van der Waals surface area contributed by atoms with Crippen molar-refractivity contribution in [2.24, 2.45) is 5.73 Å². The van der Waals surface area contributed by atoms with Gasteiger partial charge in [-0.3, -0.25) is 19.7 Å². The summed E-state index contributed by atoms with van der Waals surface area (Å²) in [6.07, 6.45) is -2.14. The van der Waals surface area contributed by atoms with Crippen molar-refractivity contribution in [1.29, 1.82) is 0 Å². The molecule has 0 saturated heterocycles. The van der Waals surface area contributed by atoms with Gasteiger partial charge in [0.25, 0.3) is 0 Å². The maximum absolute atomic E-state index is 11.1. The molecule has 0 aliphatic carbocycles. The summed E-state index contributed by atoms with van der Waals surface area (Å²) in [5.74, 6) is -3.30. The van der Waals surface area contributed by atoms with Crippen LogP contribution in [0.25, 0.3) is 0 Å². The predicted molar refractivity (Wildman–Crippen MR) is 67.7 cm³/mol. The number of aliphatic hydroxyl groups excluding tert-OH is 1. The highest BCUT2D eigenvalue weighted by Gasteiger charge is 2.27. The van der Waals surface area contributed by atoms with Gasteiger partial charge in [0, 0.05) is 5.75 Å². The lowest BCUT2D eigenvalue weighted by Gasteiger charge is -2.25. The van der Waals surface area contributed by atoms with Crippen LogP contribution in [0.1, 0.15) is 6.42 Å². The highest BCUT2D eigenvalue weighted by Crippen LogP contribution is 2.00. The molecule has 0 aliphatic rings. The fourth-order valence-corrected chi connectivity index (χ4v) is 1.48. The SMILES string of the molecule is NCC(=O)NC(CC(=O)O)C(O)NC(CS)C(=O)O. The number of carboxylic acid groups (broad SMARTS) is 2. The van der Waals surface area contributed by atoms with Crippen LogP contribution in [-0.2, 0) is 14.4 Å². The number of hydrogen-bond donors (Lipinski definition) is 7. The summed E-state index contributed by atoms with van der Waals surface area (Å²) in [6.45, 7) is -0.377. The molecule has 0 rings (SSSR count). The molecule has 110 valence electrons. The molecular formula is C9H17N3O6S. The number of hydrogen-bond acceptors (Lipinski definition) is 7. The number of thiol groups is 1. The maximum atomic E-state index is 11.1. The average molecular weight is 295 g/mol. The summed E-state index contributed by atoms with van der Waals surface area (Å²) < 4.78 is 0. The van der Waals surface area contributed by atoms with E-state index in [9.17, 15) is 19.5 Å². The van der Waals surface area contributed by atoms with Crippen LogP contribution in [0.2, 0.25) is 0 Å². The lowest BCUT2D eigenvalue weighted by Crippen LogP contribution is -2.56. The van der Waals surface area contributed by atoms with Crippen LogP contribution in [0.15, 0.2) is 0 Å². The Bertz CT molecular complexity index is 340. The fourth-order valence-electron chi connectivity index (χ4n) is 1.22. The third kappa shape index (κ3) is 6.96. The Morgan fingerprint density at radius 3 is 2.21 bits per heavy atom. The molecule has 0 heterocycles. The normalized spacial score (nSPS) is 15.3. The van der Waals surface area contributed by atoms with Gasteiger partial charge in [0.15, 0.2) is 0 Å². The highest BCUT2D eigenvalue weighted by atomic mass is 32.1. The van der Waals surface area contributed by atoms with Crippen molar-refractivity contribution in [2.75, 3.05) is 12.3 Å². The number of nitrogens with one attached hydrogen (secondary N) is 2. The van der Waals surface area contributed by atoms with Gasteiger partial charge in [0.1, 0.15) is 12.3 Å². The fraction of sp³-hybridized carbons (Fsp3) is 0.667. The van der Waals surface area contributed by atoms with Crippen LogP contribution in [0.4, 0.5) is 0 Å². The number of rotatable bonds is 9. The number of aliphatic hydroxyl groups is 1. The number of aliphatic carboxylic acids is 2. The molecule has 0 fully saturated rings. The van der Waals surface area contributed by atoms with Gasteiger partial charge in [-0.2, -0.15) is 12.6 Å². The van der Waals surface area contributed by atoms with Crippen LogP contribution in [-0.4, -0.2) is 63.8 Å². The Balaban J connectivity index is 4.68. The Morgan fingerprint density at radius 1 is 1.26 bits per heavy atom. The molecule has 0 radical (unpaired) electrons. The summed E-state index contributed by atoms with van der Waals surface area (Å²) in [5, 5.41) is 31.6. The minimum Gasteiger partial charge on any atom is -0.481 e. The van der Waals surface area contributed by atoms with E-state index in [4.69, 9.17) is 15.9 Å². The molecule has 3 atom stereocenters. The Hall–Kier alpha value is -1.36. The van der Waals surface area contributed by atoms with Crippen LogP contribution in [0.3, 0.4) is 0 Å². The molecule has 0 aromatic rings. The average Bonchev–Trinajstić information content (AvgIpc) is 2.33. The second kappa shape index (κ2) is 8.69. The zero-order valence-electron chi connectivity index (χ0n) is 9.94. The van der Waals surface area contributed by atoms with Gasteiger partial charge >= 0.3 is 11.9 Å². The molecule has 0 spiro atoms. The molecule has 3 unspecified atom stereocenters. The second-order valence-corrected chi connectivity index (χ2v) is 4.03. The van der Waals surface area contributed by atoms with Crippen molar-refractivity contribution >= 4 is 30.5 Å². The van der Waals surface area contributed by atoms with Crippen molar-refractivity contribution in [3.63, 3.8) is 0 Å². The Morgan fingerprint density at radius 2 is 1.84 bits per heavy atom. The molecule has 0 aromatic heterocycles. The van der Waals surface area contributed by atoms with Gasteiger partial charge in [0.2, 0.25) is 5.91 Å². The van der Waals surface area contributed by atoms with Crippen molar-refractivity contribution in [1.82, 2.24) is 10.6 Å². The van der Waals surface area contributed by atoms with Crippen LogP contribution in [0.5, 0.6) is 0 Å². The van der Waals surface area contributed by atoms with Crippen LogP contribution < -0.4 is 16.4 Å². The van der Waals surface area contributed by atoms with E-state index in [0.717, 1.165) is 0 Å². The summed E-state index contributed by atoms with van der Waals surface area (Å²) in [7, 11) is 0. The number of carbonyl (C=O) groups is 3. The number of carboxylic acids is 2. The van der Waals surface area contributed by atoms with Gasteiger partial charge < -0.3 is 26.4 Å². The molecule has 1 amide bonds. The second-order valence-electron chi connectivity index (χ2n) is 3.66. The molecule has 0 aliphatic heterocycles. The van der Waals surface area contributed by atoms with E-state index in [1.54, 1.807) is 0 Å². The van der Waals surface area contributed by atoms with Gasteiger partial charge in [-0.05, 0) is 0 Å². The Labute approximate surface area is 114 Å². The van der Waals surface area contributed by atoms with Crippen molar-refractivity contribution in [3.05, 3.63) is 0 Å². The molecule has 0 aromatic carbocycles. The highest BCUT2D eigenvalue weighted by molar-refractivity contribution is 7.80. The van der Waals surface area contributed by atoms with E-state index in [2.05, 4.69) is 23.3 Å². The minimum atomic E-state index is -1.56. The van der Waals surface area contributed by atoms with E-state index in [-0.39, 0.29) is 12.3 Å². The first-order chi connectivity index (χ1) is 8.81. The first-order valence-electron chi connectivity index (χ1n) is 5.30. The van der Waals surface area contributed by atoms with E-state index >= 15 is 0 Å². The topological polar surface area (TPSA) is 162 Å². The summed E-state index contributed by atoms with van der Waals surface area (Å²) in [6, 6.07) is -2.38. The first-order valence-corrected chi connectivity index (χ1v) is 5.94. The first kappa shape index (κ1) is 17.6. The monoisotopic (exact) mass is 295 g/mol. The molecule has 9 nitrogen and oxygen atoms in total. The third-order valence-corrected chi connectivity index (χ3v) is 2.53. The smallest absolute Gasteiger partial charge is 0.321 e. The maximum Gasteiger partial charge on any atom is 0.321 e. The number of carbonyl (C=O) groups excluding carboxylic acids is 1. The molecule has 0 bridgehead atoms. The van der Waals surface area contributed by atoms with Crippen LogP contribution >= 0.6 is 12.6 Å². The number of nitrogens with two attached hydrogens (primary N) is 1. The van der Waals surface area contributed by atoms with Gasteiger partial charge in [-0.1, -0.05) is 0 Å². The van der Waals surface area contributed by atoms with E-state index in [0.29, 0.717) is 0 Å².